The second kappa shape index (κ2) is 6.75. The number of amides is 1. The van der Waals surface area contributed by atoms with E-state index in [0.29, 0.717) is 19.4 Å². The van der Waals surface area contributed by atoms with Crippen molar-refractivity contribution in [2.24, 2.45) is 5.92 Å². The van der Waals surface area contributed by atoms with Crippen LogP contribution in [0.4, 0.5) is 0 Å². The average molecular weight is 296 g/mol. The third-order valence-corrected chi connectivity index (χ3v) is 3.86. The first-order chi connectivity index (χ1) is 9.63. The van der Waals surface area contributed by atoms with Crippen molar-refractivity contribution in [1.29, 1.82) is 0 Å². The summed E-state index contributed by atoms with van der Waals surface area (Å²) in [5.41, 5.74) is 1.05. The third kappa shape index (κ3) is 3.73. The van der Waals surface area contributed by atoms with E-state index in [1.54, 1.807) is 0 Å². The van der Waals surface area contributed by atoms with Crippen molar-refractivity contribution < 1.29 is 14.3 Å². The van der Waals surface area contributed by atoms with Crippen molar-refractivity contribution in [3.8, 4) is 0 Å². The Morgan fingerprint density at radius 2 is 2.15 bits per heavy atom. The van der Waals surface area contributed by atoms with Gasteiger partial charge in [0.1, 0.15) is 0 Å². The lowest BCUT2D eigenvalue weighted by atomic mass is 10.1. The monoisotopic (exact) mass is 295 g/mol. The molecular formula is C15H18ClNO3. The van der Waals surface area contributed by atoms with Crippen LogP contribution in [0.1, 0.15) is 30.7 Å². The summed E-state index contributed by atoms with van der Waals surface area (Å²) in [5, 5.41) is 3.57. The highest BCUT2D eigenvalue weighted by molar-refractivity contribution is 6.31. The molecular weight excluding hydrogens is 278 g/mol. The van der Waals surface area contributed by atoms with E-state index in [4.69, 9.17) is 11.6 Å². The van der Waals surface area contributed by atoms with Gasteiger partial charge < -0.3 is 10.1 Å². The molecule has 1 amide bonds. The van der Waals surface area contributed by atoms with E-state index in [9.17, 15) is 9.59 Å². The molecule has 0 aromatic heterocycles. The Labute approximate surface area is 123 Å². The van der Waals surface area contributed by atoms with Crippen LogP contribution in [-0.2, 0) is 14.3 Å². The molecule has 1 aliphatic carbocycles. The van der Waals surface area contributed by atoms with E-state index < -0.39 is 0 Å². The van der Waals surface area contributed by atoms with Crippen molar-refractivity contribution in [3.05, 3.63) is 34.9 Å². The van der Waals surface area contributed by atoms with E-state index >= 15 is 0 Å². The van der Waals surface area contributed by atoms with E-state index in [0.717, 1.165) is 17.0 Å². The fourth-order valence-corrected chi connectivity index (χ4v) is 2.56. The number of esters is 1. The Hall–Kier alpha value is -1.55. The maximum atomic E-state index is 11.9. The lowest BCUT2D eigenvalue weighted by Gasteiger charge is -2.05. The van der Waals surface area contributed by atoms with Crippen molar-refractivity contribution in [2.45, 2.75) is 25.2 Å². The van der Waals surface area contributed by atoms with Crippen LogP contribution in [0.15, 0.2) is 24.3 Å². The van der Waals surface area contributed by atoms with Gasteiger partial charge in [0.15, 0.2) is 0 Å². The van der Waals surface area contributed by atoms with Gasteiger partial charge in [-0.25, -0.2) is 0 Å². The zero-order chi connectivity index (χ0) is 14.5. The van der Waals surface area contributed by atoms with Crippen LogP contribution in [0.3, 0.4) is 0 Å². The molecule has 0 saturated heterocycles. The summed E-state index contributed by atoms with van der Waals surface area (Å²) in [7, 11) is 1.36. The molecule has 2 atom stereocenters. The first kappa shape index (κ1) is 14.9. The minimum atomic E-state index is -0.250. The number of halogens is 1. The smallest absolute Gasteiger partial charge is 0.305 e. The molecule has 1 fully saturated rings. The van der Waals surface area contributed by atoms with Gasteiger partial charge in [-0.2, -0.15) is 0 Å². The number of ether oxygens (including phenoxy) is 1. The summed E-state index contributed by atoms with van der Waals surface area (Å²) in [5.74, 6) is 0.0248. The van der Waals surface area contributed by atoms with Crippen LogP contribution in [0.25, 0.3) is 0 Å². The minimum absolute atomic E-state index is 0.00743. The van der Waals surface area contributed by atoms with Crippen molar-refractivity contribution in [2.75, 3.05) is 13.7 Å². The van der Waals surface area contributed by atoms with Crippen molar-refractivity contribution in [1.82, 2.24) is 5.32 Å². The molecule has 0 aliphatic heterocycles. The Balaban J connectivity index is 1.74. The minimum Gasteiger partial charge on any atom is -0.469 e. The number of rotatable bonds is 6. The summed E-state index contributed by atoms with van der Waals surface area (Å²) in [6.07, 6.45) is 1.77. The molecule has 0 bridgehead atoms. The summed E-state index contributed by atoms with van der Waals surface area (Å²) < 4.78 is 4.54. The molecule has 1 aromatic carbocycles. The molecule has 1 saturated carbocycles. The third-order valence-electron chi connectivity index (χ3n) is 3.52. The van der Waals surface area contributed by atoms with Gasteiger partial charge in [0.2, 0.25) is 5.91 Å². The number of carbonyl (C=O) groups is 2. The number of carbonyl (C=O) groups excluding carboxylic acids is 2. The predicted octanol–water partition coefficient (Wildman–Crippen LogP) is 2.51. The topological polar surface area (TPSA) is 55.4 Å². The highest BCUT2D eigenvalue weighted by atomic mass is 35.5. The normalized spacial score (nSPS) is 20.3. The summed E-state index contributed by atoms with van der Waals surface area (Å²) in [4.78, 5) is 22.9. The fraction of sp³-hybridized carbons (Fsp3) is 0.467. The Morgan fingerprint density at radius 1 is 1.40 bits per heavy atom. The maximum Gasteiger partial charge on any atom is 0.305 e. The van der Waals surface area contributed by atoms with E-state index in [-0.39, 0.29) is 23.7 Å². The summed E-state index contributed by atoms with van der Waals surface area (Å²) in [6, 6.07) is 7.64. The van der Waals surface area contributed by atoms with Gasteiger partial charge in [0.25, 0.3) is 0 Å². The standard InChI is InChI=1S/C15H18ClNO3/c1-20-14(18)7-4-8-17-15(19)12-9-11(12)10-5-2-3-6-13(10)16/h2-3,5-6,11-12H,4,7-9H2,1H3,(H,17,19). The molecule has 2 rings (SSSR count). The molecule has 108 valence electrons. The van der Waals surface area contributed by atoms with Crippen molar-refractivity contribution in [3.63, 3.8) is 0 Å². The van der Waals surface area contributed by atoms with Crippen molar-refractivity contribution >= 4 is 23.5 Å². The SMILES string of the molecule is COC(=O)CCCNC(=O)C1CC1c1ccccc1Cl. The van der Waals surface area contributed by atoms with Gasteiger partial charge in [-0.15, -0.1) is 0 Å². The van der Waals surface area contributed by atoms with Gasteiger partial charge in [-0.05, 0) is 30.4 Å². The fourth-order valence-electron chi connectivity index (χ4n) is 2.28. The molecule has 1 aliphatic rings. The average Bonchev–Trinajstić information content (AvgIpc) is 3.24. The van der Waals surface area contributed by atoms with Crippen LogP contribution in [-0.4, -0.2) is 25.5 Å². The van der Waals surface area contributed by atoms with Crippen LogP contribution >= 0.6 is 11.6 Å². The van der Waals surface area contributed by atoms with Gasteiger partial charge in [0, 0.05) is 23.9 Å². The van der Waals surface area contributed by atoms with Gasteiger partial charge in [0.05, 0.1) is 7.11 Å². The first-order valence-corrected chi connectivity index (χ1v) is 7.10. The summed E-state index contributed by atoms with van der Waals surface area (Å²) in [6.45, 7) is 0.500. The van der Waals surface area contributed by atoms with Crippen LogP contribution < -0.4 is 5.32 Å². The molecule has 0 spiro atoms. The highest BCUT2D eigenvalue weighted by Gasteiger charge is 2.44. The Kier molecular flexibility index (Phi) is 5.01. The number of hydrogen-bond acceptors (Lipinski definition) is 3. The summed E-state index contributed by atoms with van der Waals surface area (Å²) >= 11 is 6.12. The zero-order valence-electron chi connectivity index (χ0n) is 11.4. The van der Waals surface area contributed by atoms with Crippen LogP contribution in [0.2, 0.25) is 5.02 Å². The first-order valence-electron chi connectivity index (χ1n) is 6.72. The van der Waals surface area contributed by atoms with E-state index in [1.165, 1.54) is 7.11 Å². The van der Waals surface area contributed by atoms with Crippen LogP contribution in [0, 0.1) is 5.92 Å². The number of hydrogen-bond donors (Lipinski definition) is 1. The Morgan fingerprint density at radius 3 is 2.85 bits per heavy atom. The number of methoxy groups -OCH3 is 1. The molecule has 0 radical (unpaired) electrons. The quantitative estimate of drug-likeness (QED) is 0.648. The molecule has 1 N–H and O–H groups in total. The van der Waals surface area contributed by atoms with Crippen LogP contribution in [0.5, 0.6) is 0 Å². The maximum absolute atomic E-state index is 11.9. The molecule has 4 nitrogen and oxygen atoms in total. The molecule has 2 unspecified atom stereocenters. The number of benzene rings is 1. The second-order valence-corrected chi connectivity index (χ2v) is 5.35. The lowest BCUT2D eigenvalue weighted by molar-refractivity contribution is -0.140. The van der Waals surface area contributed by atoms with Gasteiger partial charge >= 0.3 is 5.97 Å². The van der Waals surface area contributed by atoms with E-state index in [2.05, 4.69) is 10.1 Å². The largest absolute Gasteiger partial charge is 0.469 e. The molecule has 5 heteroatoms. The van der Waals surface area contributed by atoms with Gasteiger partial charge in [-0.3, -0.25) is 9.59 Å². The molecule has 1 aromatic rings. The zero-order valence-corrected chi connectivity index (χ0v) is 12.2. The van der Waals surface area contributed by atoms with E-state index in [1.807, 2.05) is 24.3 Å². The lowest BCUT2D eigenvalue weighted by Crippen LogP contribution is -2.26. The Bertz CT molecular complexity index is 504. The van der Waals surface area contributed by atoms with Gasteiger partial charge in [-0.1, -0.05) is 29.8 Å². The second-order valence-electron chi connectivity index (χ2n) is 4.94. The molecule has 0 heterocycles. The number of nitrogens with one attached hydrogen (secondary N) is 1. The predicted molar refractivity (Wildman–Crippen MR) is 76.6 cm³/mol. The highest BCUT2D eigenvalue weighted by Crippen LogP contribution is 2.49. The molecule has 20 heavy (non-hydrogen) atoms.